The summed E-state index contributed by atoms with van der Waals surface area (Å²) in [7, 11) is 6.76. The van der Waals surface area contributed by atoms with Crippen LogP contribution in [0.2, 0.25) is 5.02 Å². The van der Waals surface area contributed by atoms with E-state index in [9.17, 15) is 34.8 Å². The van der Waals surface area contributed by atoms with Crippen molar-refractivity contribution >= 4 is 40.5 Å². The fourth-order valence-corrected chi connectivity index (χ4v) is 6.67. The average Bonchev–Trinajstić information content (AvgIpc) is 2.86. The standard InChI is InChI=1S/C29H30ClN3O7/c1-32(2)18-11-15(12-5-7-14(30)8-6-12)23(34)20-16(18)9-13-10-17-22(33(3)4)25(36)21(28(31)39)27(38)29(17,40)26(37)19(13)24(20)35/h5-8,11,13,17,22,34-35,38,40H,9-10H2,1-4H3,(H2,31,39)/t13-,17+,22-,29+/m1/s1. The van der Waals surface area contributed by atoms with Gasteiger partial charge < -0.3 is 31.1 Å². The summed E-state index contributed by atoms with van der Waals surface area (Å²) in [4.78, 5) is 42.8. The first-order valence-electron chi connectivity index (χ1n) is 12.7. The van der Waals surface area contributed by atoms with Crippen LogP contribution in [0.4, 0.5) is 5.69 Å². The Morgan fingerprint density at radius 3 is 2.25 bits per heavy atom. The molecule has 6 N–H and O–H groups in total. The molecule has 0 aliphatic heterocycles. The van der Waals surface area contributed by atoms with Gasteiger partial charge in [-0.15, -0.1) is 0 Å². The number of ketones is 2. The molecule has 0 spiro atoms. The van der Waals surface area contributed by atoms with Crippen molar-refractivity contribution in [1.82, 2.24) is 4.90 Å². The number of carbonyl (C=O) groups is 3. The van der Waals surface area contributed by atoms with Crippen LogP contribution in [0.1, 0.15) is 17.5 Å². The predicted octanol–water partition coefficient (Wildman–Crippen LogP) is 2.35. The zero-order chi connectivity index (χ0) is 29.4. The molecule has 2 aromatic carbocycles. The van der Waals surface area contributed by atoms with Crippen LogP contribution in [0.3, 0.4) is 0 Å². The molecule has 40 heavy (non-hydrogen) atoms. The average molecular weight is 568 g/mol. The van der Waals surface area contributed by atoms with Gasteiger partial charge in [0.2, 0.25) is 5.78 Å². The van der Waals surface area contributed by atoms with Gasteiger partial charge in [0.1, 0.15) is 22.8 Å². The number of fused-ring (bicyclic) bond motifs is 3. The second-order valence-electron chi connectivity index (χ2n) is 11.0. The largest absolute Gasteiger partial charge is 0.508 e. The molecular formula is C29H30ClN3O7. The van der Waals surface area contributed by atoms with E-state index in [-0.39, 0.29) is 29.7 Å². The minimum Gasteiger partial charge on any atom is -0.508 e. The molecule has 2 aromatic rings. The third-order valence-electron chi connectivity index (χ3n) is 8.33. The van der Waals surface area contributed by atoms with Crippen LogP contribution < -0.4 is 10.6 Å². The number of aliphatic hydroxyl groups excluding tert-OH is 2. The summed E-state index contributed by atoms with van der Waals surface area (Å²) in [5, 5.41) is 46.3. The molecule has 4 atom stereocenters. The number of amides is 1. The molecule has 1 saturated carbocycles. The summed E-state index contributed by atoms with van der Waals surface area (Å²) in [6.07, 6.45) is 0.231. The number of carbonyl (C=O) groups excluding carboxylic acids is 3. The molecule has 3 aliphatic carbocycles. The zero-order valence-corrected chi connectivity index (χ0v) is 23.2. The molecule has 0 radical (unpaired) electrons. The molecule has 3 aliphatic rings. The molecule has 0 aromatic heterocycles. The van der Waals surface area contributed by atoms with Gasteiger partial charge in [0, 0.05) is 41.9 Å². The van der Waals surface area contributed by atoms with Gasteiger partial charge in [-0.25, -0.2) is 0 Å². The van der Waals surface area contributed by atoms with E-state index in [0.29, 0.717) is 27.4 Å². The van der Waals surface area contributed by atoms with Gasteiger partial charge in [0.25, 0.3) is 5.91 Å². The number of aromatic hydroxyl groups is 1. The summed E-state index contributed by atoms with van der Waals surface area (Å²) in [6, 6.07) is 7.41. The number of nitrogens with two attached hydrogens (primary N) is 1. The van der Waals surface area contributed by atoms with E-state index in [0.717, 1.165) is 0 Å². The van der Waals surface area contributed by atoms with Crippen LogP contribution in [-0.4, -0.2) is 82.6 Å². The molecule has 210 valence electrons. The fourth-order valence-electron chi connectivity index (χ4n) is 6.54. The SMILES string of the molecule is CN(C)c1cc(-c2ccc(Cl)cc2)c(O)c2c1C[C@@H]1C[C@H]3[C@@H](N(C)C)C(=O)C(C(N)=O)=C(O)[C@@]3(O)C(=O)C1=C2O. The smallest absolute Gasteiger partial charge is 0.255 e. The number of aliphatic hydroxyl groups is 3. The first kappa shape index (κ1) is 27.7. The number of rotatable bonds is 4. The summed E-state index contributed by atoms with van der Waals surface area (Å²) in [5.41, 5.74) is 3.98. The van der Waals surface area contributed by atoms with E-state index in [4.69, 9.17) is 17.3 Å². The molecule has 1 fully saturated rings. The monoisotopic (exact) mass is 567 g/mol. The predicted molar refractivity (Wildman–Crippen MR) is 149 cm³/mol. The Morgan fingerprint density at radius 1 is 1.07 bits per heavy atom. The van der Waals surface area contributed by atoms with Gasteiger partial charge >= 0.3 is 0 Å². The Hall–Kier alpha value is -3.86. The molecular weight excluding hydrogens is 538 g/mol. The molecule has 0 unspecified atom stereocenters. The fraction of sp³-hybridized carbons (Fsp3) is 0.345. The lowest BCUT2D eigenvalue weighted by Crippen LogP contribution is -2.65. The molecule has 5 rings (SSSR count). The number of halogens is 1. The highest BCUT2D eigenvalue weighted by Gasteiger charge is 2.64. The highest BCUT2D eigenvalue weighted by atomic mass is 35.5. The van der Waals surface area contributed by atoms with Crippen LogP contribution in [-0.2, 0) is 20.8 Å². The van der Waals surface area contributed by atoms with E-state index in [1.807, 2.05) is 19.0 Å². The second-order valence-corrected chi connectivity index (χ2v) is 11.4. The molecule has 11 heteroatoms. The van der Waals surface area contributed by atoms with E-state index in [2.05, 4.69) is 0 Å². The highest BCUT2D eigenvalue weighted by Crippen LogP contribution is 2.54. The van der Waals surface area contributed by atoms with Crippen molar-refractivity contribution in [2.45, 2.75) is 24.5 Å². The maximum Gasteiger partial charge on any atom is 0.255 e. The lowest BCUT2D eigenvalue weighted by Gasteiger charge is -2.50. The molecule has 0 bridgehead atoms. The molecule has 0 heterocycles. The maximum atomic E-state index is 14.1. The Kier molecular flexibility index (Phi) is 6.48. The maximum absolute atomic E-state index is 14.1. The summed E-state index contributed by atoms with van der Waals surface area (Å²) in [6.45, 7) is 0. The summed E-state index contributed by atoms with van der Waals surface area (Å²) >= 11 is 6.04. The van der Waals surface area contributed by atoms with Gasteiger partial charge in [-0.05, 0) is 62.2 Å². The topological polar surface area (TPSA) is 165 Å². The van der Waals surface area contributed by atoms with Gasteiger partial charge in [-0.2, -0.15) is 0 Å². The van der Waals surface area contributed by atoms with Crippen molar-refractivity contribution in [3.05, 3.63) is 63.4 Å². The number of nitrogens with zero attached hydrogens (tertiary/aromatic N) is 2. The zero-order valence-electron chi connectivity index (χ0n) is 22.4. The first-order chi connectivity index (χ1) is 18.7. The third kappa shape index (κ3) is 3.74. The van der Waals surface area contributed by atoms with Crippen LogP contribution in [0.25, 0.3) is 16.9 Å². The van der Waals surface area contributed by atoms with Crippen molar-refractivity contribution in [1.29, 1.82) is 0 Å². The van der Waals surface area contributed by atoms with Crippen molar-refractivity contribution in [3.8, 4) is 16.9 Å². The number of primary amides is 1. The van der Waals surface area contributed by atoms with Gasteiger partial charge in [0.15, 0.2) is 11.4 Å². The quantitative estimate of drug-likeness (QED) is 0.349. The number of hydrogen-bond acceptors (Lipinski definition) is 9. The van der Waals surface area contributed by atoms with Crippen molar-refractivity contribution in [3.63, 3.8) is 0 Å². The minimum absolute atomic E-state index is 0.0261. The third-order valence-corrected chi connectivity index (χ3v) is 8.59. The Bertz CT molecular complexity index is 1540. The molecule has 10 nitrogen and oxygen atoms in total. The number of anilines is 1. The van der Waals surface area contributed by atoms with Gasteiger partial charge in [-0.1, -0.05) is 23.7 Å². The highest BCUT2D eigenvalue weighted by molar-refractivity contribution is 6.30. The van der Waals surface area contributed by atoms with Crippen molar-refractivity contribution < 1.29 is 34.8 Å². The van der Waals surface area contributed by atoms with Gasteiger partial charge in [-0.3, -0.25) is 19.3 Å². The minimum atomic E-state index is -2.68. The van der Waals surface area contributed by atoms with E-state index in [1.165, 1.54) is 4.90 Å². The van der Waals surface area contributed by atoms with Crippen LogP contribution in [0.5, 0.6) is 5.75 Å². The van der Waals surface area contributed by atoms with E-state index in [1.54, 1.807) is 44.4 Å². The first-order valence-corrected chi connectivity index (χ1v) is 13.1. The second kappa shape index (κ2) is 9.36. The van der Waals surface area contributed by atoms with Crippen LogP contribution in [0.15, 0.2) is 47.2 Å². The van der Waals surface area contributed by atoms with Gasteiger partial charge in [0.05, 0.1) is 11.6 Å². The summed E-state index contributed by atoms with van der Waals surface area (Å²) < 4.78 is 0. The van der Waals surface area contributed by atoms with Crippen LogP contribution in [0, 0.1) is 11.8 Å². The molecule has 0 saturated heterocycles. The number of hydrogen-bond donors (Lipinski definition) is 5. The molecule has 1 amide bonds. The van der Waals surface area contributed by atoms with Crippen LogP contribution >= 0.6 is 11.6 Å². The number of Topliss-reactive ketones (excluding diaryl/α,β-unsaturated/α-hetero) is 2. The Labute approximate surface area is 235 Å². The Morgan fingerprint density at radius 2 is 1.70 bits per heavy atom. The lowest BCUT2D eigenvalue weighted by atomic mass is 9.57. The van der Waals surface area contributed by atoms with E-state index < -0.39 is 58.0 Å². The Balaban J connectivity index is 1.77. The number of phenols is 1. The number of phenolic OH excluding ortho intramolecular Hbond substituents is 1. The number of benzene rings is 2. The van der Waals surface area contributed by atoms with Crippen molar-refractivity contribution in [2.24, 2.45) is 17.6 Å². The van der Waals surface area contributed by atoms with Crippen molar-refractivity contribution in [2.75, 3.05) is 33.1 Å². The lowest BCUT2D eigenvalue weighted by molar-refractivity contribution is -0.153. The number of likely N-dealkylation sites (N-methyl/N-ethyl adjacent to an activating group) is 1. The summed E-state index contributed by atoms with van der Waals surface area (Å²) in [5.74, 6) is -6.80. The van der Waals surface area contributed by atoms with E-state index >= 15 is 0 Å². The normalized spacial score (nSPS) is 26.0.